The number of benzene rings is 1. The lowest BCUT2D eigenvalue weighted by Gasteiger charge is -2.01. The normalized spacial score (nSPS) is 10.1. The van der Waals surface area contributed by atoms with E-state index in [2.05, 4.69) is 11.1 Å². The highest BCUT2D eigenvalue weighted by Gasteiger charge is 2.16. The van der Waals surface area contributed by atoms with E-state index in [0.29, 0.717) is 22.5 Å². The van der Waals surface area contributed by atoms with E-state index in [4.69, 9.17) is 11.0 Å². The van der Waals surface area contributed by atoms with Gasteiger partial charge in [0.2, 0.25) is 0 Å². The van der Waals surface area contributed by atoms with E-state index in [1.54, 1.807) is 18.2 Å². The third-order valence-electron chi connectivity index (χ3n) is 2.86. The Balaban J connectivity index is 2.62. The molecule has 0 aliphatic rings. The van der Waals surface area contributed by atoms with Gasteiger partial charge in [-0.3, -0.25) is 4.79 Å². The molecule has 1 aromatic heterocycles. The minimum atomic E-state index is -0.0658. The maximum atomic E-state index is 11.5. The molecule has 18 heavy (non-hydrogen) atoms. The van der Waals surface area contributed by atoms with Gasteiger partial charge >= 0.3 is 0 Å². The highest BCUT2D eigenvalue weighted by molar-refractivity contribution is 6.03. The molecule has 2 rings (SSSR count). The van der Waals surface area contributed by atoms with Gasteiger partial charge in [-0.15, -0.1) is 0 Å². The van der Waals surface area contributed by atoms with Crippen LogP contribution in [0.4, 0.5) is 5.69 Å². The van der Waals surface area contributed by atoms with Gasteiger partial charge < -0.3 is 10.7 Å². The monoisotopic (exact) mass is 239 g/mol. The Bertz CT molecular complexity index is 662. The number of H-pyrrole nitrogens is 1. The lowest BCUT2D eigenvalue weighted by molar-refractivity contribution is 0.101. The fourth-order valence-corrected chi connectivity index (χ4v) is 2.07. The lowest BCUT2D eigenvalue weighted by atomic mass is 10.1. The predicted octanol–water partition coefficient (Wildman–Crippen LogP) is 2.65. The molecule has 0 unspecified atom stereocenters. The molecule has 0 aliphatic carbocycles. The molecular formula is C14H13N3O. The summed E-state index contributed by atoms with van der Waals surface area (Å²) in [6.07, 6.45) is 0. The zero-order valence-corrected chi connectivity index (χ0v) is 10.2. The zero-order chi connectivity index (χ0) is 13.3. The second kappa shape index (κ2) is 4.38. The molecule has 90 valence electrons. The van der Waals surface area contributed by atoms with E-state index in [1.165, 1.54) is 6.92 Å². The number of nitrogens with zero attached hydrogens (tertiary/aromatic N) is 1. The molecule has 1 aromatic carbocycles. The fraction of sp³-hybridized carbons (Fsp3) is 0.143. The van der Waals surface area contributed by atoms with Gasteiger partial charge in [0.15, 0.2) is 5.78 Å². The summed E-state index contributed by atoms with van der Waals surface area (Å²) in [4.78, 5) is 14.6. The number of hydrogen-bond acceptors (Lipinski definition) is 3. The van der Waals surface area contributed by atoms with Crippen LogP contribution in [0.5, 0.6) is 0 Å². The smallest absolute Gasteiger partial charge is 0.163 e. The van der Waals surface area contributed by atoms with Crippen LogP contribution in [0, 0.1) is 18.3 Å². The van der Waals surface area contributed by atoms with Crippen molar-refractivity contribution in [2.24, 2.45) is 0 Å². The van der Waals surface area contributed by atoms with Crippen LogP contribution < -0.4 is 5.73 Å². The van der Waals surface area contributed by atoms with E-state index in [1.807, 2.05) is 13.0 Å². The first-order valence-corrected chi connectivity index (χ1v) is 5.54. The molecular weight excluding hydrogens is 226 g/mol. The van der Waals surface area contributed by atoms with Crippen molar-refractivity contribution >= 4 is 11.5 Å². The van der Waals surface area contributed by atoms with Crippen molar-refractivity contribution in [3.05, 3.63) is 41.1 Å². The van der Waals surface area contributed by atoms with Crippen LogP contribution >= 0.6 is 0 Å². The molecule has 0 saturated heterocycles. The van der Waals surface area contributed by atoms with Crippen molar-refractivity contribution in [1.82, 2.24) is 4.98 Å². The number of aromatic nitrogens is 1. The molecule has 0 atom stereocenters. The van der Waals surface area contributed by atoms with Crippen LogP contribution in [0.2, 0.25) is 0 Å². The molecule has 2 aromatic rings. The van der Waals surface area contributed by atoms with Gasteiger partial charge in [0.1, 0.15) is 0 Å². The van der Waals surface area contributed by atoms with Gasteiger partial charge in [-0.25, -0.2) is 0 Å². The molecule has 0 radical (unpaired) electrons. The van der Waals surface area contributed by atoms with E-state index in [0.717, 1.165) is 11.3 Å². The summed E-state index contributed by atoms with van der Waals surface area (Å²) in [5.74, 6) is -0.0658. The summed E-state index contributed by atoms with van der Waals surface area (Å²) >= 11 is 0. The third-order valence-corrected chi connectivity index (χ3v) is 2.86. The number of carbonyl (C=O) groups excluding carboxylic acids is 1. The third kappa shape index (κ3) is 1.87. The van der Waals surface area contributed by atoms with Gasteiger partial charge in [0, 0.05) is 11.3 Å². The average Bonchev–Trinajstić information content (AvgIpc) is 2.65. The molecule has 0 amide bonds. The number of nitrogen functional groups attached to an aromatic ring is 1. The summed E-state index contributed by atoms with van der Waals surface area (Å²) in [5, 5.41) is 8.88. The number of ketones is 1. The Hall–Kier alpha value is -2.54. The van der Waals surface area contributed by atoms with Gasteiger partial charge in [0.05, 0.1) is 28.6 Å². The molecule has 0 spiro atoms. The van der Waals surface area contributed by atoms with Crippen molar-refractivity contribution in [2.45, 2.75) is 13.8 Å². The average molecular weight is 239 g/mol. The summed E-state index contributed by atoms with van der Waals surface area (Å²) < 4.78 is 0. The summed E-state index contributed by atoms with van der Waals surface area (Å²) in [5.41, 5.74) is 9.76. The lowest BCUT2D eigenvalue weighted by Crippen LogP contribution is -1.98. The molecule has 4 heteroatoms. The molecule has 1 heterocycles. The topological polar surface area (TPSA) is 82.7 Å². The quantitative estimate of drug-likeness (QED) is 0.790. The van der Waals surface area contributed by atoms with E-state index in [9.17, 15) is 4.79 Å². The van der Waals surface area contributed by atoms with Crippen LogP contribution in [0.1, 0.15) is 28.5 Å². The molecule has 0 fully saturated rings. The Morgan fingerprint density at radius 3 is 2.72 bits per heavy atom. The maximum absolute atomic E-state index is 11.5. The highest BCUT2D eigenvalue weighted by atomic mass is 16.1. The number of carbonyl (C=O) groups is 1. The summed E-state index contributed by atoms with van der Waals surface area (Å²) in [6.45, 7) is 3.30. The molecule has 0 aliphatic heterocycles. The second-order valence-electron chi connectivity index (χ2n) is 4.16. The SMILES string of the molecule is CC(=O)c1c(C)[nH]c(-c2cccc(C#N)c2)c1N. The second-order valence-corrected chi connectivity index (χ2v) is 4.16. The predicted molar refractivity (Wildman–Crippen MR) is 70.1 cm³/mol. The van der Waals surface area contributed by atoms with E-state index >= 15 is 0 Å². The highest BCUT2D eigenvalue weighted by Crippen LogP contribution is 2.31. The molecule has 4 nitrogen and oxygen atoms in total. The Kier molecular flexibility index (Phi) is 2.90. The zero-order valence-electron chi connectivity index (χ0n) is 10.2. The molecule has 0 saturated carbocycles. The number of aryl methyl sites for hydroxylation is 1. The van der Waals surface area contributed by atoms with Crippen molar-refractivity contribution in [1.29, 1.82) is 5.26 Å². The standard InChI is InChI=1S/C14H13N3O/c1-8-12(9(2)18)13(16)14(17-8)11-5-3-4-10(6-11)7-15/h3-6,17H,16H2,1-2H3. The number of aromatic amines is 1. The van der Waals surface area contributed by atoms with Crippen LogP contribution in [0.3, 0.4) is 0 Å². The van der Waals surface area contributed by atoms with Crippen LogP contribution in [0.25, 0.3) is 11.3 Å². The van der Waals surface area contributed by atoms with E-state index < -0.39 is 0 Å². The molecule has 0 bridgehead atoms. The van der Waals surface area contributed by atoms with Gasteiger partial charge in [-0.1, -0.05) is 12.1 Å². The number of nitrogens with one attached hydrogen (secondary N) is 1. The number of nitrogens with two attached hydrogens (primary N) is 1. The number of rotatable bonds is 2. The van der Waals surface area contributed by atoms with Crippen LogP contribution in [-0.2, 0) is 0 Å². The number of hydrogen-bond donors (Lipinski definition) is 2. The number of Topliss-reactive ketones (excluding diaryl/α,β-unsaturated/α-hetero) is 1. The fourth-order valence-electron chi connectivity index (χ4n) is 2.07. The minimum Gasteiger partial charge on any atom is -0.396 e. The first-order chi connectivity index (χ1) is 8.54. The van der Waals surface area contributed by atoms with Crippen molar-refractivity contribution in [3.8, 4) is 17.3 Å². The Morgan fingerprint density at radius 1 is 1.44 bits per heavy atom. The first-order valence-electron chi connectivity index (χ1n) is 5.54. The van der Waals surface area contributed by atoms with Crippen molar-refractivity contribution in [3.63, 3.8) is 0 Å². The largest absolute Gasteiger partial charge is 0.396 e. The van der Waals surface area contributed by atoms with Gasteiger partial charge in [-0.2, -0.15) is 5.26 Å². The summed E-state index contributed by atoms with van der Waals surface area (Å²) in [6, 6.07) is 9.19. The van der Waals surface area contributed by atoms with Crippen LogP contribution in [-0.4, -0.2) is 10.8 Å². The summed E-state index contributed by atoms with van der Waals surface area (Å²) in [7, 11) is 0. The van der Waals surface area contributed by atoms with Gasteiger partial charge in [0.25, 0.3) is 0 Å². The minimum absolute atomic E-state index is 0.0658. The number of nitriles is 1. The van der Waals surface area contributed by atoms with Crippen molar-refractivity contribution < 1.29 is 4.79 Å². The number of anilines is 1. The van der Waals surface area contributed by atoms with Crippen LogP contribution in [0.15, 0.2) is 24.3 Å². The van der Waals surface area contributed by atoms with Crippen molar-refractivity contribution in [2.75, 3.05) is 5.73 Å². The van der Waals surface area contributed by atoms with E-state index in [-0.39, 0.29) is 5.78 Å². The maximum Gasteiger partial charge on any atom is 0.163 e. The van der Waals surface area contributed by atoms with Gasteiger partial charge in [-0.05, 0) is 26.0 Å². The first kappa shape index (κ1) is 11.9. The Labute approximate surface area is 105 Å². The Morgan fingerprint density at radius 2 is 2.17 bits per heavy atom. The molecule has 3 N–H and O–H groups in total.